The van der Waals surface area contributed by atoms with Crippen molar-refractivity contribution in [1.29, 1.82) is 0 Å². The zero-order valence-electron chi connectivity index (χ0n) is 13.4. The Morgan fingerprint density at radius 3 is 2.50 bits per heavy atom. The first-order valence-electron chi connectivity index (χ1n) is 7.68. The molecule has 24 heavy (non-hydrogen) atoms. The van der Waals surface area contributed by atoms with Gasteiger partial charge in [0.25, 0.3) is 0 Å². The summed E-state index contributed by atoms with van der Waals surface area (Å²) in [6, 6.07) is 16.6. The van der Waals surface area contributed by atoms with E-state index in [-0.39, 0.29) is 30.7 Å². The molecule has 4 nitrogen and oxygen atoms in total. The third-order valence-electron chi connectivity index (χ3n) is 3.97. The molecule has 0 radical (unpaired) electrons. The molecule has 0 spiro atoms. The average molecular weight is 368 g/mol. The fourth-order valence-corrected chi connectivity index (χ4v) is 2.84. The molecule has 130 valence electrons. The van der Waals surface area contributed by atoms with E-state index in [1.165, 1.54) is 16.8 Å². The van der Waals surface area contributed by atoms with Gasteiger partial charge in [-0.1, -0.05) is 30.3 Å². The van der Waals surface area contributed by atoms with Gasteiger partial charge in [-0.25, -0.2) is 0 Å². The molecule has 2 aromatic rings. The summed E-state index contributed by atoms with van der Waals surface area (Å²) in [5, 5.41) is 2.85. The quantitative estimate of drug-likeness (QED) is 0.851. The van der Waals surface area contributed by atoms with Crippen LogP contribution in [0.25, 0.3) is 0 Å². The number of rotatable bonds is 5. The topological polar surface area (TPSA) is 58.4 Å². The van der Waals surface area contributed by atoms with Crippen LogP contribution >= 0.6 is 24.8 Å². The van der Waals surface area contributed by atoms with E-state index < -0.39 is 0 Å². The molecule has 0 unspecified atom stereocenters. The summed E-state index contributed by atoms with van der Waals surface area (Å²) in [4.78, 5) is 13.9. The molecule has 1 amide bonds. The monoisotopic (exact) mass is 367 g/mol. The van der Waals surface area contributed by atoms with Crippen molar-refractivity contribution in [2.45, 2.75) is 19.4 Å². The summed E-state index contributed by atoms with van der Waals surface area (Å²) < 4.78 is 0. The average Bonchev–Trinajstić information content (AvgIpc) is 2.93. The zero-order valence-corrected chi connectivity index (χ0v) is 15.0. The molecule has 3 rings (SSSR count). The second-order valence-corrected chi connectivity index (χ2v) is 5.58. The highest BCUT2D eigenvalue weighted by molar-refractivity contribution is 5.90. The highest BCUT2D eigenvalue weighted by Crippen LogP contribution is 2.28. The molecule has 6 heteroatoms. The SMILES string of the molecule is Cl.Cl.NCCC(=O)Nc1ccc(CN2CCc3ccccc32)cc1. The number of carbonyl (C=O) groups excluding carboxylic acids is 1. The first-order chi connectivity index (χ1) is 10.8. The van der Waals surface area contributed by atoms with Gasteiger partial charge in [-0.3, -0.25) is 4.79 Å². The van der Waals surface area contributed by atoms with E-state index in [0.29, 0.717) is 13.0 Å². The predicted octanol–water partition coefficient (Wildman–Crippen LogP) is 3.38. The van der Waals surface area contributed by atoms with Gasteiger partial charge in [0.2, 0.25) is 5.91 Å². The van der Waals surface area contributed by atoms with Crippen molar-refractivity contribution in [1.82, 2.24) is 0 Å². The number of anilines is 2. The maximum Gasteiger partial charge on any atom is 0.225 e. The number of hydrogen-bond donors (Lipinski definition) is 2. The van der Waals surface area contributed by atoms with E-state index in [4.69, 9.17) is 5.73 Å². The van der Waals surface area contributed by atoms with Gasteiger partial charge >= 0.3 is 0 Å². The van der Waals surface area contributed by atoms with E-state index >= 15 is 0 Å². The molecule has 0 aliphatic carbocycles. The fraction of sp³-hybridized carbons (Fsp3) is 0.278. The third-order valence-corrected chi connectivity index (χ3v) is 3.97. The minimum absolute atomic E-state index is 0. The van der Waals surface area contributed by atoms with Crippen LogP contribution in [-0.2, 0) is 17.8 Å². The largest absolute Gasteiger partial charge is 0.367 e. The number of nitrogens with two attached hydrogens (primary N) is 1. The summed E-state index contributed by atoms with van der Waals surface area (Å²) in [6.07, 6.45) is 1.47. The van der Waals surface area contributed by atoms with Gasteiger partial charge in [0, 0.05) is 37.4 Å². The number of hydrogen-bond acceptors (Lipinski definition) is 3. The summed E-state index contributed by atoms with van der Waals surface area (Å²) in [5.41, 5.74) is 10.2. The Hall–Kier alpha value is -1.75. The van der Waals surface area contributed by atoms with Crippen molar-refractivity contribution in [3.05, 3.63) is 59.7 Å². The van der Waals surface area contributed by atoms with E-state index in [1.807, 2.05) is 12.1 Å². The molecular formula is C18H23Cl2N3O. The summed E-state index contributed by atoms with van der Waals surface area (Å²) in [6.45, 7) is 2.33. The number of amides is 1. The molecule has 0 saturated carbocycles. The lowest BCUT2D eigenvalue weighted by atomic mass is 10.1. The van der Waals surface area contributed by atoms with Gasteiger partial charge in [0.1, 0.15) is 0 Å². The lowest BCUT2D eigenvalue weighted by Crippen LogP contribution is -2.19. The van der Waals surface area contributed by atoms with Crippen LogP contribution in [0.5, 0.6) is 0 Å². The molecule has 0 atom stereocenters. The summed E-state index contributed by atoms with van der Waals surface area (Å²) >= 11 is 0. The van der Waals surface area contributed by atoms with Crippen molar-refractivity contribution >= 4 is 42.1 Å². The smallest absolute Gasteiger partial charge is 0.225 e. The highest BCUT2D eigenvalue weighted by Gasteiger charge is 2.18. The van der Waals surface area contributed by atoms with Crippen molar-refractivity contribution in [2.24, 2.45) is 5.73 Å². The summed E-state index contributed by atoms with van der Waals surface area (Å²) in [7, 11) is 0. The van der Waals surface area contributed by atoms with Gasteiger partial charge in [0.05, 0.1) is 0 Å². The Morgan fingerprint density at radius 1 is 1.08 bits per heavy atom. The van der Waals surface area contributed by atoms with E-state index in [2.05, 4.69) is 46.6 Å². The molecule has 1 heterocycles. The molecule has 1 aliphatic heterocycles. The zero-order chi connectivity index (χ0) is 15.4. The molecule has 3 N–H and O–H groups in total. The van der Waals surface area contributed by atoms with Crippen LogP contribution in [0.4, 0.5) is 11.4 Å². The van der Waals surface area contributed by atoms with Crippen LogP contribution in [0.1, 0.15) is 17.5 Å². The van der Waals surface area contributed by atoms with Crippen LogP contribution in [0.3, 0.4) is 0 Å². The Bertz CT molecular complexity index is 662. The molecule has 2 aromatic carbocycles. The Kier molecular flexibility index (Phi) is 8.05. The van der Waals surface area contributed by atoms with Gasteiger partial charge in [-0.2, -0.15) is 0 Å². The van der Waals surface area contributed by atoms with Gasteiger partial charge in [0.15, 0.2) is 0 Å². The number of halogens is 2. The summed E-state index contributed by atoms with van der Waals surface area (Å²) in [5.74, 6) is -0.0382. The highest BCUT2D eigenvalue weighted by atomic mass is 35.5. The molecule has 0 aromatic heterocycles. The predicted molar refractivity (Wildman–Crippen MR) is 104 cm³/mol. The maximum absolute atomic E-state index is 11.5. The van der Waals surface area contributed by atoms with E-state index in [1.54, 1.807) is 0 Å². The fourth-order valence-electron chi connectivity index (χ4n) is 2.84. The van der Waals surface area contributed by atoms with Gasteiger partial charge in [-0.05, 0) is 35.7 Å². The number of nitrogens with one attached hydrogen (secondary N) is 1. The third kappa shape index (κ3) is 4.87. The standard InChI is InChI=1S/C18H21N3O.2ClH/c19-11-9-18(22)20-16-7-5-14(6-8-16)13-21-12-10-15-3-1-2-4-17(15)21;;/h1-8H,9-13,19H2,(H,20,22);2*1H. The lowest BCUT2D eigenvalue weighted by molar-refractivity contribution is -0.116. The Labute approximate surface area is 155 Å². The van der Waals surface area contributed by atoms with Crippen LogP contribution in [0.2, 0.25) is 0 Å². The number of carbonyl (C=O) groups is 1. The normalized spacial score (nSPS) is 12.0. The van der Waals surface area contributed by atoms with Gasteiger partial charge in [-0.15, -0.1) is 24.8 Å². The molecular weight excluding hydrogens is 345 g/mol. The minimum Gasteiger partial charge on any atom is -0.367 e. The van der Waals surface area contributed by atoms with Crippen molar-refractivity contribution in [3.63, 3.8) is 0 Å². The van der Waals surface area contributed by atoms with Crippen LogP contribution in [-0.4, -0.2) is 19.0 Å². The Morgan fingerprint density at radius 2 is 1.79 bits per heavy atom. The number of nitrogens with zero attached hydrogens (tertiary/aromatic N) is 1. The van der Waals surface area contributed by atoms with Crippen LogP contribution in [0, 0.1) is 0 Å². The first kappa shape index (κ1) is 20.3. The molecule has 1 aliphatic rings. The molecule has 0 saturated heterocycles. The molecule has 0 bridgehead atoms. The van der Waals surface area contributed by atoms with Crippen LogP contribution in [0.15, 0.2) is 48.5 Å². The van der Waals surface area contributed by atoms with E-state index in [9.17, 15) is 4.79 Å². The molecule has 0 fully saturated rings. The van der Waals surface area contributed by atoms with Crippen LogP contribution < -0.4 is 16.0 Å². The van der Waals surface area contributed by atoms with Crippen molar-refractivity contribution in [2.75, 3.05) is 23.3 Å². The second-order valence-electron chi connectivity index (χ2n) is 5.58. The lowest BCUT2D eigenvalue weighted by Gasteiger charge is -2.19. The first-order valence-corrected chi connectivity index (χ1v) is 7.68. The number of fused-ring (bicyclic) bond motifs is 1. The maximum atomic E-state index is 11.5. The van der Waals surface area contributed by atoms with E-state index in [0.717, 1.165) is 25.2 Å². The van der Waals surface area contributed by atoms with Crippen molar-refractivity contribution < 1.29 is 4.79 Å². The number of benzene rings is 2. The number of para-hydroxylation sites is 1. The Balaban J connectivity index is 0.00000144. The van der Waals surface area contributed by atoms with Gasteiger partial charge < -0.3 is 16.0 Å². The second kappa shape index (κ2) is 9.52. The van der Waals surface area contributed by atoms with Crippen molar-refractivity contribution in [3.8, 4) is 0 Å². The minimum atomic E-state index is -0.0382.